The Kier molecular flexibility index (Phi) is 4.20. The summed E-state index contributed by atoms with van der Waals surface area (Å²) in [7, 11) is 0. The number of nitrogens with one attached hydrogen (secondary N) is 2. The van der Waals surface area contributed by atoms with Crippen molar-refractivity contribution in [1.82, 2.24) is 9.97 Å². The Morgan fingerprint density at radius 2 is 2.17 bits per heavy atom. The van der Waals surface area contributed by atoms with E-state index in [9.17, 15) is 14.7 Å². The lowest BCUT2D eigenvalue weighted by molar-refractivity contribution is -0.116. The van der Waals surface area contributed by atoms with Crippen LogP contribution >= 0.6 is 11.8 Å². The van der Waals surface area contributed by atoms with Crippen molar-refractivity contribution in [2.24, 2.45) is 0 Å². The highest BCUT2D eigenvalue weighted by Crippen LogP contribution is 2.37. The number of aromatic amines is 1. The van der Waals surface area contributed by atoms with Crippen LogP contribution in [0, 0.1) is 0 Å². The number of phenols is 1. The van der Waals surface area contributed by atoms with Gasteiger partial charge in [-0.25, -0.2) is 4.98 Å². The van der Waals surface area contributed by atoms with Crippen molar-refractivity contribution in [2.45, 2.75) is 17.5 Å². The number of fused-ring (bicyclic) bond motifs is 1. The zero-order valence-corrected chi connectivity index (χ0v) is 13.0. The molecule has 0 spiro atoms. The Labute approximate surface area is 136 Å². The van der Waals surface area contributed by atoms with Crippen molar-refractivity contribution in [3.05, 3.63) is 58.4 Å². The number of rotatable bonds is 4. The van der Waals surface area contributed by atoms with E-state index in [1.54, 1.807) is 24.3 Å². The molecule has 1 aliphatic rings. The number of hydrogen-bond donors (Lipinski definition) is 3. The Hall–Kier alpha value is -2.54. The molecular formula is C16H15N3O3S. The first-order valence-electron chi connectivity index (χ1n) is 7.05. The fraction of sp³-hybridized carbons (Fsp3) is 0.188. The summed E-state index contributed by atoms with van der Waals surface area (Å²) in [6, 6.07) is 6.71. The number of carbonyl (C=O) groups excluding carboxylic acids is 1. The molecule has 0 saturated carbocycles. The van der Waals surface area contributed by atoms with Gasteiger partial charge in [0.1, 0.15) is 11.6 Å². The van der Waals surface area contributed by atoms with Gasteiger partial charge in [-0.2, -0.15) is 0 Å². The number of thioether (sulfide) groups is 1. The molecule has 2 heterocycles. The van der Waals surface area contributed by atoms with Crippen LogP contribution in [-0.4, -0.2) is 26.7 Å². The van der Waals surface area contributed by atoms with E-state index in [0.717, 1.165) is 0 Å². The SMILES string of the molecule is C=CCSc1nc2c(c(=O)[nH]1)[C@H](c1ccccc1O)CC(=O)N2. The first-order valence-corrected chi connectivity index (χ1v) is 8.04. The van der Waals surface area contributed by atoms with Crippen molar-refractivity contribution in [3.8, 4) is 5.75 Å². The Morgan fingerprint density at radius 3 is 2.91 bits per heavy atom. The summed E-state index contributed by atoms with van der Waals surface area (Å²) in [6.07, 6.45) is 1.79. The van der Waals surface area contributed by atoms with Crippen molar-refractivity contribution in [1.29, 1.82) is 0 Å². The molecule has 2 aromatic rings. The van der Waals surface area contributed by atoms with Gasteiger partial charge < -0.3 is 15.4 Å². The Bertz CT molecular complexity index is 832. The van der Waals surface area contributed by atoms with Gasteiger partial charge in [0.2, 0.25) is 5.91 Å². The quantitative estimate of drug-likeness (QED) is 0.454. The van der Waals surface area contributed by atoms with Crippen LogP contribution in [-0.2, 0) is 4.79 Å². The van der Waals surface area contributed by atoms with E-state index in [1.165, 1.54) is 17.8 Å². The summed E-state index contributed by atoms with van der Waals surface area (Å²) in [5, 5.41) is 13.1. The van der Waals surface area contributed by atoms with Gasteiger partial charge in [-0.15, -0.1) is 6.58 Å². The number of nitrogens with zero attached hydrogens (tertiary/aromatic N) is 1. The molecule has 7 heteroatoms. The summed E-state index contributed by atoms with van der Waals surface area (Å²) < 4.78 is 0. The van der Waals surface area contributed by atoms with E-state index in [4.69, 9.17) is 0 Å². The maximum absolute atomic E-state index is 12.5. The molecule has 1 aromatic carbocycles. The topological polar surface area (TPSA) is 95.1 Å². The van der Waals surface area contributed by atoms with Gasteiger partial charge >= 0.3 is 0 Å². The lowest BCUT2D eigenvalue weighted by atomic mass is 9.86. The smallest absolute Gasteiger partial charge is 0.257 e. The van der Waals surface area contributed by atoms with E-state index >= 15 is 0 Å². The van der Waals surface area contributed by atoms with Gasteiger partial charge in [0.05, 0.1) is 5.56 Å². The zero-order chi connectivity index (χ0) is 16.4. The highest BCUT2D eigenvalue weighted by molar-refractivity contribution is 7.99. The first-order chi connectivity index (χ1) is 11.1. The molecule has 1 atom stereocenters. The van der Waals surface area contributed by atoms with E-state index in [2.05, 4.69) is 21.9 Å². The predicted molar refractivity (Wildman–Crippen MR) is 89.0 cm³/mol. The molecule has 1 aromatic heterocycles. The fourth-order valence-electron chi connectivity index (χ4n) is 2.60. The lowest BCUT2D eigenvalue weighted by Crippen LogP contribution is -2.31. The molecule has 0 unspecified atom stereocenters. The van der Waals surface area contributed by atoms with Crippen LogP contribution in [0.15, 0.2) is 46.9 Å². The summed E-state index contributed by atoms with van der Waals surface area (Å²) in [5.41, 5.74) is 0.603. The number of benzene rings is 1. The molecule has 23 heavy (non-hydrogen) atoms. The monoisotopic (exact) mass is 329 g/mol. The van der Waals surface area contributed by atoms with Crippen molar-refractivity contribution in [2.75, 3.05) is 11.1 Å². The van der Waals surface area contributed by atoms with E-state index in [-0.39, 0.29) is 29.5 Å². The number of para-hydroxylation sites is 1. The van der Waals surface area contributed by atoms with Gasteiger partial charge in [-0.05, 0) is 6.07 Å². The number of aromatic nitrogens is 2. The number of H-pyrrole nitrogens is 1. The van der Waals surface area contributed by atoms with E-state index in [0.29, 0.717) is 22.0 Å². The summed E-state index contributed by atoms with van der Waals surface area (Å²) in [5.74, 6) is 0.157. The molecular weight excluding hydrogens is 314 g/mol. The number of hydrogen-bond acceptors (Lipinski definition) is 5. The third-order valence-electron chi connectivity index (χ3n) is 3.58. The maximum Gasteiger partial charge on any atom is 0.257 e. The summed E-state index contributed by atoms with van der Waals surface area (Å²) in [6.45, 7) is 3.62. The summed E-state index contributed by atoms with van der Waals surface area (Å²) >= 11 is 1.32. The second-order valence-corrected chi connectivity index (χ2v) is 6.11. The molecule has 0 bridgehead atoms. The van der Waals surface area contributed by atoms with Gasteiger partial charge in [0, 0.05) is 23.7 Å². The van der Waals surface area contributed by atoms with Crippen molar-refractivity contribution in [3.63, 3.8) is 0 Å². The molecule has 3 N–H and O–H groups in total. The molecule has 6 nitrogen and oxygen atoms in total. The highest BCUT2D eigenvalue weighted by atomic mass is 32.2. The van der Waals surface area contributed by atoms with Crippen LogP contribution in [0.25, 0.3) is 0 Å². The van der Waals surface area contributed by atoms with Crippen LogP contribution < -0.4 is 10.9 Å². The van der Waals surface area contributed by atoms with Crippen LogP contribution in [0.1, 0.15) is 23.5 Å². The fourth-order valence-corrected chi connectivity index (χ4v) is 3.20. The normalized spacial score (nSPS) is 16.5. The average molecular weight is 329 g/mol. The molecule has 118 valence electrons. The minimum atomic E-state index is -0.519. The first kappa shape index (κ1) is 15.4. The molecule has 0 radical (unpaired) electrons. The van der Waals surface area contributed by atoms with Crippen molar-refractivity contribution >= 4 is 23.5 Å². The molecule has 1 amide bonds. The second-order valence-electron chi connectivity index (χ2n) is 5.10. The third kappa shape index (κ3) is 3.00. The lowest BCUT2D eigenvalue weighted by Gasteiger charge is -2.24. The van der Waals surface area contributed by atoms with Crippen molar-refractivity contribution < 1.29 is 9.90 Å². The summed E-state index contributed by atoms with van der Waals surface area (Å²) in [4.78, 5) is 31.5. The third-order valence-corrected chi connectivity index (χ3v) is 4.45. The molecule has 3 rings (SSSR count). The number of amides is 1. The van der Waals surface area contributed by atoms with Gasteiger partial charge in [-0.1, -0.05) is 36.0 Å². The van der Waals surface area contributed by atoms with Gasteiger partial charge in [0.15, 0.2) is 5.16 Å². The molecule has 1 aliphatic heterocycles. The highest BCUT2D eigenvalue weighted by Gasteiger charge is 2.32. The van der Waals surface area contributed by atoms with Crippen LogP contribution in [0.3, 0.4) is 0 Å². The Morgan fingerprint density at radius 1 is 1.39 bits per heavy atom. The number of anilines is 1. The second kappa shape index (κ2) is 6.29. The average Bonchev–Trinajstić information content (AvgIpc) is 2.52. The molecule has 0 fully saturated rings. The molecule has 0 aliphatic carbocycles. The number of carbonyl (C=O) groups is 1. The van der Waals surface area contributed by atoms with E-state index in [1.807, 2.05) is 0 Å². The Balaban J connectivity index is 2.11. The van der Waals surface area contributed by atoms with Gasteiger partial charge in [-0.3, -0.25) is 9.59 Å². The molecule has 0 saturated heterocycles. The largest absolute Gasteiger partial charge is 0.508 e. The number of phenolic OH excluding ortho intramolecular Hbond substituents is 1. The maximum atomic E-state index is 12.5. The minimum absolute atomic E-state index is 0.0580. The van der Waals surface area contributed by atoms with Crippen LogP contribution in [0.4, 0.5) is 5.82 Å². The van der Waals surface area contributed by atoms with E-state index < -0.39 is 5.92 Å². The van der Waals surface area contributed by atoms with Crippen LogP contribution in [0.2, 0.25) is 0 Å². The minimum Gasteiger partial charge on any atom is -0.508 e. The van der Waals surface area contributed by atoms with Gasteiger partial charge in [0.25, 0.3) is 5.56 Å². The number of aromatic hydroxyl groups is 1. The standard InChI is InChI=1S/C16H15N3O3S/c1-2-7-23-16-18-14-13(15(22)19-16)10(8-12(21)17-14)9-5-3-4-6-11(9)20/h2-6,10,20H,1,7-8H2,(H2,17,18,19,21,22)/t10-/m0/s1. The van der Waals surface area contributed by atoms with Crippen LogP contribution in [0.5, 0.6) is 5.75 Å². The predicted octanol–water partition coefficient (Wildman–Crippen LogP) is 2.23. The zero-order valence-electron chi connectivity index (χ0n) is 12.2.